The van der Waals surface area contributed by atoms with E-state index in [2.05, 4.69) is 59.3 Å². The highest BCUT2D eigenvalue weighted by Gasteiger charge is 2.10. The summed E-state index contributed by atoms with van der Waals surface area (Å²) in [6.45, 7) is 9.03. The Balaban J connectivity index is 1.94. The normalized spacial score (nSPS) is 13.6. The predicted molar refractivity (Wildman–Crippen MR) is 160 cm³/mol. The summed E-state index contributed by atoms with van der Waals surface area (Å²) in [5, 5.41) is 21.8. The first kappa shape index (κ1) is 31.7. The Kier molecular flexibility index (Phi) is 14.0. The summed E-state index contributed by atoms with van der Waals surface area (Å²) >= 11 is 5.79. The van der Waals surface area contributed by atoms with E-state index in [0.29, 0.717) is 24.5 Å². The van der Waals surface area contributed by atoms with Crippen LogP contribution in [0.2, 0.25) is 5.02 Å². The monoisotopic (exact) mass is 547 g/mol. The second kappa shape index (κ2) is 17.2. The van der Waals surface area contributed by atoms with E-state index in [-0.39, 0.29) is 16.8 Å². The van der Waals surface area contributed by atoms with Gasteiger partial charge in [0.15, 0.2) is 0 Å². The van der Waals surface area contributed by atoms with Gasteiger partial charge in [-0.05, 0) is 79.7 Å². The molecule has 39 heavy (non-hydrogen) atoms. The summed E-state index contributed by atoms with van der Waals surface area (Å²) in [4.78, 5) is 4.25. The Bertz CT molecular complexity index is 1250. The van der Waals surface area contributed by atoms with Crippen molar-refractivity contribution in [1.29, 1.82) is 5.26 Å². The van der Waals surface area contributed by atoms with Gasteiger partial charge in [-0.2, -0.15) is 15.5 Å². The van der Waals surface area contributed by atoms with Crippen molar-refractivity contribution in [3.8, 4) is 18.4 Å². The van der Waals surface area contributed by atoms with Crippen LogP contribution in [0.15, 0.2) is 52.4 Å². The molecule has 0 aliphatic rings. The molecule has 0 aliphatic carbocycles. The highest BCUT2D eigenvalue weighted by Crippen LogP contribution is 2.18. The summed E-state index contributed by atoms with van der Waals surface area (Å²) in [6, 6.07) is 9.07. The van der Waals surface area contributed by atoms with Gasteiger partial charge in [0.1, 0.15) is 17.6 Å². The van der Waals surface area contributed by atoms with E-state index in [9.17, 15) is 4.39 Å². The van der Waals surface area contributed by atoms with E-state index in [1.807, 2.05) is 25.3 Å². The molecule has 1 aromatic carbocycles. The van der Waals surface area contributed by atoms with Crippen molar-refractivity contribution in [1.82, 2.24) is 10.3 Å². The molecule has 0 saturated carbocycles. The molecule has 0 fully saturated rings. The molecule has 0 radical (unpaired) electrons. The first-order valence-electron chi connectivity index (χ1n) is 13.5. The van der Waals surface area contributed by atoms with Crippen LogP contribution in [-0.4, -0.2) is 23.5 Å². The fourth-order valence-corrected chi connectivity index (χ4v) is 4.27. The number of halogens is 2. The van der Waals surface area contributed by atoms with E-state index < -0.39 is 0 Å². The highest BCUT2D eigenvalue weighted by atomic mass is 35.5. The largest absolute Gasteiger partial charge is 0.389 e. The lowest BCUT2D eigenvalue weighted by Gasteiger charge is -2.13. The zero-order valence-electron chi connectivity index (χ0n) is 23.5. The Morgan fingerprint density at radius 3 is 2.74 bits per heavy atom. The maximum absolute atomic E-state index is 13.7. The van der Waals surface area contributed by atoms with Gasteiger partial charge >= 0.3 is 0 Å². The maximum atomic E-state index is 13.7. The van der Waals surface area contributed by atoms with Crippen LogP contribution in [0.25, 0.3) is 0 Å². The van der Waals surface area contributed by atoms with Crippen LogP contribution >= 0.6 is 11.6 Å². The molecule has 7 heteroatoms. The van der Waals surface area contributed by atoms with Crippen molar-refractivity contribution in [2.24, 2.45) is 22.0 Å². The quantitative estimate of drug-likeness (QED) is 0.142. The zero-order chi connectivity index (χ0) is 28.6. The van der Waals surface area contributed by atoms with Crippen LogP contribution in [0, 0.1) is 48.3 Å². The molecular formula is C32H39ClFN5. The molecule has 5 nitrogen and oxygen atoms in total. The predicted octanol–water partition coefficient (Wildman–Crippen LogP) is 7.62. The van der Waals surface area contributed by atoms with Gasteiger partial charge in [0, 0.05) is 43.2 Å². The third-order valence-electron chi connectivity index (χ3n) is 6.29. The van der Waals surface area contributed by atoms with Crippen LogP contribution in [0.1, 0.15) is 75.3 Å². The number of hydrogen-bond donors (Lipinski definition) is 1. The third-order valence-corrected chi connectivity index (χ3v) is 6.60. The van der Waals surface area contributed by atoms with Crippen molar-refractivity contribution in [2.45, 2.75) is 72.6 Å². The minimum atomic E-state index is -0.378. The summed E-state index contributed by atoms with van der Waals surface area (Å²) in [5.74, 6) is 2.88. The molecule has 206 valence electrons. The van der Waals surface area contributed by atoms with Crippen LogP contribution in [0.3, 0.4) is 0 Å². The molecule has 0 aliphatic heterocycles. The molecule has 2 unspecified atom stereocenters. The SMILES string of the molecule is C#CCC(C)C/C(Cc1cnc(C#N)c(C)c1)=N\N=C\C(C)CCN/C(=C/CC)CCc1ccc(Cl)c(F)c1. The first-order chi connectivity index (χ1) is 18.7. The van der Waals surface area contributed by atoms with Crippen molar-refractivity contribution < 1.29 is 4.39 Å². The number of hydrogen-bond acceptors (Lipinski definition) is 5. The second-order valence-electron chi connectivity index (χ2n) is 10.0. The number of pyridine rings is 1. The second-order valence-corrected chi connectivity index (χ2v) is 10.4. The van der Waals surface area contributed by atoms with Gasteiger partial charge in [0.2, 0.25) is 0 Å². The van der Waals surface area contributed by atoms with Gasteiger partial charge in [0.05, 0.1) is 5.02 Å². The molecule has 0 amide bonds. The standard InChI is InChI=1S/C32H39ClFN5/c1-6-8-23(3)16-29(18-27-17-25(5)32(20-35)37-22-27)39-38-21-24(4)14-15-36-28(9-7-2)12-10-26-11-13-30(33)31(34)19-26/h1,9,11,13,17,19,21-24,36H,7-8,10,12,14-16,18H2,2-5H3/b28-9+,38-21+,39-29+. The van der Waals surface area contributed by atoms with Gasteiger partial charge in [-0.3, -0.25) is 0 Å². The maximum Gasteiger partial charge on any atom is 0.143 e. The van der Waals surface area contributed by atoms with Crippen LogP contribution in [-0.2, 0) is 12.8 Å². The lowest BCUT2D eigenvalue weighted by atomic mass is 9.97. The van der Waals surface area contributed by atoms with Gasteiger partial charge in [0.25, 0.3) is 0 Å². The van der Waals surface area contributed by atoms with E-state index >= 15 is 0 Å². The topological polar surface area (TPSA) is 73.4 Å². The van der Waals surface area contributed by atoms with Gasteiger partial charge < -0.3 is 5.32 Å². The van der Waals surface area contributed by atoms with Gasteiger partial charge in [-0.15, -0.1) is 12.3 Å². The number of nitrogens with zero attached hydrogens (tertiary/aromatic N) is 4. The number of rotatable bonds is 15. The molecule has 2 aromatic rings. The minimum Gasteiger partial charge on any atom is -0.389 e. The lowest BCUT2D eigenvalue weighted by molar-refractivity contribution is 0.619. The lowest BCUT2D eigenvalue weighted by Crippen LogP contribution is -2.18. The average Bonchev–Trinajstić information content (AvgIpc) is 2.89. The number of nitriles is 1. The smallest absolute Gasteiger partial charge is 0.143 e. The molecule has 1 heterocycles. The van der Waals surface area contributed by atoms with Crippen LogP contribution in [0.5, 0.6) is 0 Å². The van der Waals surface area contributed by atoms with Gasteiger partial charge in [-0.25, -0.2) is 9.37 Å². The molecule has 1 aromatic heterocycles. The zero-order valence-corrected chi connectivity index (χ0v) is 24.2. The number of terminal acetylenes is 1. The summed E-state index contributed by atoms with van der Waals surface area (Å²) in [6.07, 6.45) is 16.7. The fourth-order valence-electron chi connectivity index (χ4n) is 4.15. The molecular weight excluding hydrogens is 509 g/mol. The van der Waals surface area contributed by atoms with E-state index in [1.54, 1.807) is 12.3 Å². The number of benzene rings is 1. The van der Waals surface area contributed by atoms with Gasteiger partial charge in [-0.1, -0.05) is 50.6 Å². The van der Waals surface area contributed by atoms with Crippen molar-refractivity contribution in [3.63, 3.8) is 0 Å². The first-order valence-corrected chi connectivity index (χ1v) is 13.9. The Labute approximate surface area is 238 Å². The van der Waals surface area contributed by atoms with E-state index in [0.717, 1.165) is 66.7 Å². The Morgan fingerprint density at radius 2 is 2.08 bits per heavy atom. The highest BCUT2D eigenvalue weighted by molar-refractivity contribution is 6.30. The summed E-state index contributed by atoms with van der Waals surface area (Å²) < 4.78 is 13.7. The average molecular weight is 548 g/mol. The molecule has 2 atom stereocenters. The minimum absolute atomic E-state index is 0.150. The van der Waals surface area contributed by atoms with Crippen molar-refractivity contribution in [2.75, 3.05) is 6.54 Å². The van der Waals surface area contributed by atoms with Crippen LogP contribution < -0.4 is 5.32 Å². The molecule has 0 spiro atoms. The molecule has 0 bridgehead atoms. The molecule has 0 saturated heterocycles. The number of allylic oxidation sites excluding steroid dienone is 2. The summed E-state index contributed by atoms with van der Waals surface area (Å²) in [5.41, 5.74) is 5.32. The Hall–Kier alpha value is -3.48. The van der Waals surface area contributed by atoms with Crippen molar-refractivity contribution >= 4 is 23.5 Å². The molecule has 2 rings (SSSR count). The number of aryl methyl sites for hydroxylation is 2. The van der Waals surface area contributed by atoms with E-state index in [1.165, 1.54) is 6.07 Å². The van der Waals surface area contributed by atoms with E-state index in [4.69, 9.17) is 23.3 Å². The Morgan fingerprint density at radius 1 is 1.28 bits per heavy atom. The molecule has 1 N–H and O–H groups in total. The number of nitrogens with one attached hydrogen (secondary N) is 1. The summed E-state index contributed by atoms with van der Waals surface area (Å²) in [7, 11) is 0. The fraction of sp³-hybridized carbons (Fsp3) is 0.438. The van der Waals surface area contributed by atoms with Crippen LogP contribution in [0.4, 0.5) is 4.39 Å². The number of aromatic nitrogens is 1. The third kappa shape index (κ3) is 11.8. The van der Waals surface area contributed by atoms with Crippen molar-refractivity contribution in [3.05, 3.63) is 75.5 Å².